The van der Waals surface area contributed by atoms with Gasteiger partial charge < -0.3 is 5.32 Å². The van der Waals surface area contributed by atoms with Crippen molar-refractivity contribution in [3.05, 3.63) is 0 Å². The van der Waals surface area contributed by atoms with Gasteiger partial charge in [-0.2, -0.15) is 0 Å². The maximum Gasteiger partial charge on any atom is 0.00725 e. The van der Waals surface area contributed by atoms with Crippen LogP contribution in [0.15, 0.2) is 0 Å². The van der Waals surface area contributed by atoms with Crippen molar-refractivity contribution < 1.29 is 0 Å². The average Bonchev–Trinajstić information content (AvgIpc) is 2.48. The molecule has 20 heavy (non-hydrogen) atoms. The topological polar surface area (TPSA) is 12.0 Å². The molecule has 114 valence electrons. The first-order valence-corrected chi connectivity index (χ1v) is 9.25. The minimum absolute atomic E-state index is 0.573. The summed E-state index contributed by atoms with van der Waals surface area (Å²) in [6.07, 6.45) is 15.2. The fourth-order valence-electron chi connectivity index (χ4n) is 6.64. The smallest absolute Gasteiger partial charge is 0.00725 e. The van der Waals surface area contributed by atoms with Gasteiger partial charge in [-0.05, 0) is 99.3 Å². The van der Waals surface area contributed by atoms with Crippen molar-refractivity contribution in [2.45, 2.75) is 84.1 Å². The van der Waals surface area contributed by atoms with Gasteiger partial charge in [0.2, 0.25) is 0 Å². The molecule has 0 spiro atoms. The van der Waals surface area contributed by atoms with Gasteiger partial charge in [0.15, 0.2) is 0 Å². The molecule has 1 unspecified atom stereocenters. The van der Waals surface area contributed by atoms with E-state index in [1.165, 1.54) is 32.2 Å². The van der Waals surface area contributed by atoms with E-state index in [-0.39, 0.29) is 0 Å². The monoisotopic (exact) mass is 275 g/mol. The summed E-state index contributed by atoms with van der Waals surface area (Å²) >= 11 is 0. The van der Waals surface area contributed by atoms with Crippen LogP contribution in [-0.2, 0) is 0 Å². The van der Waals surface area contributed by atoms with Gasteiger partial charge in [0, 0.05) is 6.04 Å². The van der Waals surface area contributed by atoms with Crippen molar-refractivity contribution in [3.8, 4) is 0 Å². The first-order chi connectivity index (χ1) is 9.52. The van der Waals surface area contributed by atoms with Gasteiger partial charge in [-0.3, -0.25) is 0 Å². The lowest BCUT2D eigenvalue weighted by atomic mass is 9.48. The molecule has 1 aliphatic heterocycles. The van der Waals surface area contributed by atoms with Crippen LogP contribution >= 0.6 is 0 Å². The fraction of sp³-hybridized carbons (Fsp3) is 1.00. The molecule has 0 aromatic heterocycles. The molecule has 5 aliphatic rings. The highest BCUT2D eigenvalue weighted by Gasteiger charge is 2.51. The Labute approximate surface area is 125 Å². The lowest BCUT2D eigenvalue weighted by Crippen LogP contribution is -2.48. The van der Waals surface area contributed by atoms with Gasteiger partial charge in [0.25, 0.3) is 0 Å². The summed E-state index contributed by atoms with van der Waals surface area (Å²) in [4.78, 5) is 0. The minimum atomic E-state index is 0.573. The maximum absolute atomic E-state index is 3.91. The quantitative estimate of drug-likeness (QED) is 0.766. The molecule has 5 fully saturated rings. The summed E-state index contributed by atoms with van der Waals surface area (Å²) < 4.78 is 0. The Balaban J connectivity index is 1.43. The zero-order chi connectivity index (χ0) is 13.8. The number of hydrogen-bond donors (Lipinski definition) is 1. The Kier molecular flexibility index (Phi) is 3.22. The maximum atomic E-state index is 3.91. The molecule has 1 heteroatoms. The summed E-state index contributed by atoms with van der Waals surface area (Å²) in [6.45, 7) is 6.17. The van der Waals surface area contributed by atoms with Crippen molar-refractivity contribution in [2.75, 3.05) is 6.54 Å². The molecule has 1 heterocycles. The van der Waals surface area contributed by atoms with Crippen molar-refractivity contribution >= 4 is 0 Å². The van der Waals surface area contributed by atoms with Gasteiger partial charge in [0.05, 0.1) is 0 Å². The van der Waals surface area contributed by atoms with Crippen LogP contribution in [0.2, 0.25) is 0 Å². The second-order valence-corrected chi connectivity index (χ2v) is 9.73. The van der Waals surface area contributed by atoms with E-state index in [2.05, 4.69) is 19.2 Å². The molecule has 1 atom stereocenters. The van der Waals surface area contributed by atoms with Crippen LogP contribution in [0.25, 0.3) is 0 Å². The molecule has 0 aromatic carbocycles. The summed E-state index contributed by atoms with van der Waals surface area (Å²) in [6, 6.07) is 0.827. The minimum Gasteiger partial charge on any atom is -0.314 e. The van der Waals surface area contributed by atoms with Crippen LogP contribution in [0.5, 0.6) is 0 Å². The third-order valence-corrected chi connectivity index (χ3v) is 7.25. The van der Waals surface area contributed by atoms with E-state index >= 15 is 0 Å². The van der Waals surface area contributed by atoms with Crippen LogP contribution in [0.1, 0.15) is 78.1 Å². The van der Waals surface area contributed by atoms with Crippen LogP contribution in [0.3, 0.4) is 0 Å². The van der Waals surface area contributed by atoms with Crippen molar-refractivity contribution in [1.29, 1.82) is 0 Å². The lowest BCUT2D eigenvalue weighted by molar-refractivity contribution is -0.0622. The first-order valence-electron chi connectivity index (χ1n) is 9.25. The third kappa shape index (κ3) is 2.56. The zero-order valence-corrected chi connectivity index (χ0v) is 13.6. The van der Waals surface area contributed by atoms with E-state index < -0.39 is 0 Å². The predicted molar refractivity (Wildman–Crippen MR) is 84.6 cm³/mol. The van der Waals surface area contributed by atoms with Gasteiger partial charge in [-0.15, -0.1) is 0 Å². The molecule has 1 saturated heterocycles. The van der Waals surface area contributed by atoms with E-state index in [9.17, 15) is 0 Å². The van der Waals surface area contributed by atoms with Gasteiger partial charge in [-0.25, -0.2) is 0 Å². The Hall–Kier alpha value is -0.0400. The molecule has 1 N–H and O–H groups in total. The second-order valence-electron chi connectivity index (χ2n) is 9.73. The third-order valence-electron chi connectivity index (χ3n) is 7.25. The average molecular weight is 275 g/mol. The van der Waals surface area contributed by atoms with Crippen molar-refractivity contribution in [2.24, 2.45) is 28.6 Å². The Morgan fingerprint density at radius 3 is 2.10 bits per heavy atom. The Morgan fingerprint density at radius 1 is 0.900 bits per heavy atom. The second kappa shape index (κ2) is 4.73. The lowest BCUT2D eigenvalue weighted by Gasteiger charge is -2.57. The van der Waals surface area contributed by atoms with Crippen LogP contribution < -0.4 is 5.32 Å². The highest BCUT2D eigenvalue weighted by atomic mass is 14.9. The van der Waals surface area contributed by atoms with Crippen LogP contribution in [0.4, 0.5) is 0 Å². The molecule has 4 saturated carbocycles. The van der Waals surface area contributed by atoms with E-state index in [1.807, 2.05) is 0 Å². The number of rotatable bonds is 2. The van der Waals surface area contributed by atoms with E-state index in [4.69, 9.17) is 0 Å². The van der Waals surface area contributed by atoms with Gasteiger partial charge >= 0.3 is 0 Å². The molecule has 1 nitrogen and oxygen atoms in total. The molecular formula is C19H33N. The fourth-order valence-corrected chi connectivity index (χ4v) is 6.64. The highest BCUT2D eigenvalue weighted by molar-refractivity contribution is 5.03. The summed E-state index contributed by atoms with van der Waals surface area (Å²) in [5.74, 6) is 3.34. The normalized spacial score (nSPS) is 50.1. The largest absolute Gasteiger partial charge is 0.314 e. The van der Waals surface area contributed by atoms with Crippen molar-refractivity contribution in [1.82, 2.24) is 5.32 Å². The van der Waals surface area contributed by atoms with Crippen LogP contribution in [0, 0.1) is 28.6 Å². The SMILES string of the molecule is CC1(C)CCNC(CC23CC4CC(CC(C4)C2)C3)CC1. The van der Waals surface area contributed by atoms with E-state index in [0.717, 1.165) is 29.2 Å². The summed E-state index contributed by atoms with van der Waals surface area (Å²) in [5, 5.41) is 3.91. The molecule has 4 aliphatic carbocycles. The van der Waals surface area contributed by atoms with Crippen molar-refractivity contribution in [3.63, 3.8) is 0 Å². The Morgan fingerprint density at radius 2 is 1.50 bits per heavy atom. The Bertz CT molecular complexity index is 335. The molecule has 0 amide bonds. The predicted octanol–water partition coefficient (Wildman–Crippen LogP) is 4.76. The molecule has 0 radical (unpaired) electrons. The number of hydrogen-bond acceptors (Lipinski definition) is 1. The van der Waals surface area contributed by atoms with Gasteiger partial charge in [-0.1, -0.05) is 13.8 Å². The standard InChI is InChI=1S/C19H33N/c1-18(2)4-3-17(20-6-5-18)13-19-10-14-7-15(11-19)9-16(8-14)12-19/h14-17,20H,3-13H2,1-2H3. The highest BCUT2D eigenvalue weighted by Crippen LogP contribution is 2.61. The molecule has 0 aromatic rings. The molecular weight excluding hydrogens is 242 g/mol. The first kappa shape index (κ1) is 13.6. The van der Waals surface area contributed by atoms with Gasteiger partial charge in [0.1, 0.15) is 0 Å². The number of nitrogens with one attached hydrogen (secondary N) is 1. The van der Waals surface area contributed by atoms with E-state index in [1.54, 1.807) is 38.5 Å². The zero-order valence-electron chi connectivity index (χ0n) is 13.6. The summed E-state index contributed by atoms with van der Waals surface area (Å²) in [7, 11) is 0. The molecule has 5 rings (SSSR count). The molecule has 4 bridgehead atoms. The summed E-state index contributed by atoms with van der Waals surface area (Å²) in [5.41, 5.74) is 1.34. The van der Waals surface area contributed by atoms with E-state index in [0.29, 0.717) is 5.41 Å². The van der Waals surface area contributed by atoms with Crippen LogP contribution in [-0.4, -0.2) is 12.6 Å².